The number of hydrogen-bond acceptors (Lipinski definition) is 4. The molecule has 3 rings (SSSR count). The quantitative estimate of drug-likeness (QED) is 0.933. The minimum absolute atomic E-state index is 0.0259. The largest absolute Gasteiger partial charge is 0.361 e. The summed E-state index contributed by atoms with van der Waals surface area (Å²) < 4.78 is 7.26. The van der Waals surface area contributed by atoms with Gasteiger partial charge >= 0.3 is 0 Å². The Morgan fingerprint density at radius 3 is 3.05 bits per heavy atom. The van der Waals surface area contributed by atoms with Gasteiger partial charge in [0.05, 0.1) is 11.6 Å². The van der Waals surface area contributed by atoms with Crippen LogP contribution in [0.5, 0.6) is 0 Å². The lowest BCUT2D eigenvalue weighted by molar-refractivity contribution is -0.123. The number of amides is 1. The van der Waals surface area contributed by atoms with Crippen molar-refractivity contribution >= 4 is 5.91 Å². The minimum atomic E-state index is -0.250. The second-order valence-corrected chi connectivity index (χ2v) is 5.70. The lowest BCUT2D eigenvalue weighted by Gasteiger charge is -2.26. The van der Waals surface area contributed by atoms with E-state index >= 15 is 0 Å². The maximum absolute atomic E-state index is 12.5. The van der Waals surface area contributed by atoms with Crippen LogP contribution in [-0.4, -0.2) is 26.7 Å². The second kappa shape index (κ2) is 5.35. The highest BCUT2D eigenvalue weighted by Crippen LogP contribution is 2.24. The van der Waals surface area contributed by atoms with E-state index in [1.54, 1.807) is 0 Å². The molecule has 1 aliphatic heterocycles. The van der Waals surface area contributed by atoms with Gasteiger partial charge in [-0.3, -0.25) is 4.79 Å². The van der Waals surface area contributed by atoms with Crippen LogP contribution < -0.4 is 5.32 Å². The lowest BCUT2D eigenvalue weighted by Crippen LogP contribution is -2.42. The van der Waals surface area contributed by atoms with E-state index in [0.29, 0.717) is 0 Å². The summed E-state index contributed by atoms with van der Waals surface area (Å²) in [4.78, 5) is 16.8. The molecule has 0 spiro atoms. The normalized spacial score (nSPS) is 19.1. The summed E-state index contributed by atoms with van der Waals surface area (Å²) in [5.74, 6) is 1.59. The number of fused-ring (bicyclic) bond motifs is 1. The molecule has 1 amide bonds. The molecule has 0 saturated heterocycles. The van der Waals surface area contributed by atoms with Crippen LogP contribution in [0.3, 0.4) is 0 Å². The van der Waals surface area contributed by atoms with Crippen molar-refractivity contribution in [2.75, 3.05) is 0 Å². The summed E-state index contributed by atoms with van der Waals surface area (Å²) in [7, 11) is 0. The number of hydrogen-bond donors (Lipinski definition) is 1. The molecule has 6 heteroatoms. The number of aryl methyl sites for hydroxylation is 3. The van der Waals surface area contributed by atoms with E-state index in [1.165, 1.54) is 0 Å². The molecule has 3 heterocycles. The summed E-state index contributed by atoms with van der Waals surface area (Å²) in [5.41, 5.74) is 1.68. The van der Waals surface area contributed by atoms with Crippen molar-refractivity contribution in [3.63, 3.8) is 0 Å². The van der Waals surface area contributed by atoms with Gasteiger partial charge in [-0.25, -0.2) is 4.98 Å². The maximum Gasteiger partial charge on any atom is 0.227 e. The van der Waals surface area contributed by atoms with E-state index in [1.807, 2.05) is 33.2 Å². The molecule has 2 aromatic rings. The summed E-state index contributed by atoms with van der Waals surface area (Å²) in [6, 6.07) is 0.155. The summed E-state index contributed by atoms with van der Waals surface area (Å²) in [6.45, 7) is 6.40. The smallest absolute Gasteiger partial charge is 0.227 e. The van der Waals surface area contributed by atoms with Crippen LogP contribution in [0, 0.1) is 13.8 Å². The van der Waals surface area contributed by atoms with Crippen molar-refractivity contribution in [1.82, 2.24) is 20.0 Å². The van der Waals surface area contributed by atoms with Crippen molar-refractivity contribution in [3.8, 4) is 0 Å². The molecule has 112 valence electrons. The number of rotatable bonds is 3. The van der Waals surface area contributed by atoms with Crippen LogP contribution in [0.1, 0.15) is 42.1 Å². The van der Waals surface area contributed by atoms with Gasteiger partial charge in [0.25, 0.3) is 0 Å². The van der Waals surface area contributed by atoms with Gasteiger partial charge in [0.1, 0.15) is 11.6 Å². The standard InChI is InChI=1S/C15H20N4O2/c1-9(14-10(2)18-21-11(14)3)15(20)17-12-4-5-13-16-6-7-19(13)8-12/h6-7,9,12H,4-5,8H2,1-3H3,(H,17,20)/t9-,12-/m0/s1. The third-order valence-corrected chi connectivity index (χ3v) is 4.20. The Morgan fingerprint density at radius 2 is 2.33 bits per heavy atom. The van der Waals surface area contributed by atoms with Gasteiger partial charge in [-0.15, -0.1) is 0 Å². The average Bonchev–Trinajstić information content (AvgIpc) is 3.04. The zero-order chi connectivity index (χ0) is 15.0. The van der Waals surface area contributed by atoms with E-state index in [9.17, 15) is 4.79 Å². The van der Waals surface area contributed by atoms with Crippen molar-refractivity contribution in [3.05, 3.63) is 35.2 Å². The van der Waals surface area contributed by atoms with Gasteiger partial charge in [0.2, 0.25) is 5.91 Å². The van der Waals surface area contributed by atoms with Crippen molar-refractivity contribution in [2.24, 2.45) is 0 Å². The van der Waals surface area contributed by atoms with Crippen LogP contribution >= 0.6 is 0 Å². The fourth-order valence-corrected chi connectivity index (χ4v) is 3.05. The Hall–Kier alpha value is -2.11. The zero-order valence-electron chi connectivity index (χ0n) is 12.6. The summed E-state index contributed by atoms with van der Waals surface area (Å²) in [5, 5.41) is 7.06. The topological polar surface area (TPSA) is 73.0 Å². The first-order valence-corrected chi connectivity index (χ1v) is 7.29. The molecule has 0 unspecified atom stereocenters. The molecule has 0 fully saturated rings. The van der Waals surface area contributed by atoms with Crippen LogP contribution in [0.15, 0.2) is 16.9 Å². The molecule has 0 aromatic carbocycles. The van der Waals surface area contributed by atoms with Crippen LogP contribution in [0.2, 0.25) is 0 Å². The number of aromatic nitrogens is 3. The Kier molecular flexibility index (Phi) is 3.53. The fourth-order valence-electron chi connectivity index (χ4n) is 3.05. The van der Waals surface area contributed by atoms with E-state index in [0.717, 1.165) is 42.2 Å². The molecule has 0 bridgehead atoms. The van der Waals surface area contributed by atoms with E-state index in [-0.39, 0.29) is 17.9 Å². The molecule has 2 aromatic heterocycles. The van der Waals surface area contributed by atoms with E-state index < -0.39 is 0 Å². The predicted molar refractivity (Wildman–Crippen MR) is 76.9 cm³/mol. The molecule has 1 N–H and O–H groups in total. The Balaban J connectivity index is 1.67. The van der Waals surface area contributed by atoms with Gasteiger partial charge in [0, 0.05) is 37.0 Å². The van der Waals surface area contributed by atoms with Gasteiger partial charge in [-0.05, 0) is 27.2 Å². The monoisotopic (exact) mass is 288 g/mol. The Labute approximate surface area is 123 Å². The maximum atomic E-state index is 12.5. The summed E-state index contributed by atoms with van der Waals surface area (Å²) >= 11 is 0. The highest BCUT2D eigenvalue weighted by Gasteiger charge is 2.26. The number of carbonyl (C=O) groups is 1. The minimum Gasteiger partial charge on any atom is -0.361 e. The first-order valence-electron chi connectivity index (χ1n) is 7.29. The number of nitrogens with zero attached hydrogens (tertiary/aromatic N) is 3. The summed E-state index contributed by atoms with van der Waals surface area (Å²) in [6.07, 6.45) is 5.60. The van der Waals surface area contributed by atoms with Crippen LogP contribution in [-0.2, 0) is 17.8 Å². The molecule has 0 saturated carbocycles. The van der Waals surface area contributed by atoms with Gasteiger partial charge in [0.15, 0.2) is 0 Å². The van der Waals surface area contributed by atoms with Gasteiger partial charge < -0.3 is 14.4 Å². The van der Waals surface area contributed by atoms with Crippen molar-refractivity contribution in [1.29, 1.82) is 0 Å². The van der Waals surface area contributed by atoms with Crippen molar-refractivity contribution < 1.29 is 9.32 Å². The highest BCUT2D eigenvalue weighted by atomic mass is 16.5. The van der Waals surface area contributed by atoms with Crippen LogP contribution in [0.25, 0.3) is 0 Å². The number of imidazole rings is 1. The van der Waals surface area contributed by atoms with E-state index in [2.05, 4.69) is 20.0 Å². The molecule has 1 aliphatic rings. The zero-order valence-corrected chi connectivity index (χ0v) is 12.6. The number of nitrogens with one attached hydrogen (secondary N) is 1. The molecular weight excluding hydrogens is 268 g/mol. The molecule has 0 aliphatic carbocycles. The average molecular weight is 288 g/mol. The van der Waals surface area contributed by atoms with Gasteiger partial charge in [-0.2, -0.15) is 0 Å². The predicted octanol–water partition coefficient (Wildman–Crippen LogP) is 1.72. The Bertz CT molecular complexity index is 639. The van der Waals surface area contributed by atoms with Crippen molar-refractivity contribution in [2.45, 2.75) is 52.1 Å². The third-order valence-electron chi connectivity index (χ3n) is 4.20. The van der Waals surface area contributed by atoms with Gasteiger partial charge in [-0.1, -0.05) is 5.16 Å². The van der Waals surface area contributed by atoms with Crippen LogP contribution in [0.4, 0.5) is 0 Å². The molecule has 2 atom stereocenters. The molecular formula is C15H20N4O2. The molecule has 21 heavy (non-hydrogen) atoms. The first-order chi connectivity index (χ1) is 10.1. The first kappa shape index (κ1) is 13.9. The highest BCUT2D eigenvalue weighted by molar-refractivity contribution is 5.84. The lowest BCUT2D eigenvalue weighted by atomic mass is 9.97. The number of carbonyl (C=O) groups excluding carboxylic acids is 1. The fraction of sp³-hybridized carbons (Fsp3) is 0.533. The third kappa shape index (κ3) is 2.57. The molecule has 0 radical (unpaired) electrons. The Morgan fingerprint density at radius 1 is 1.52 bits per heavy atom. The SMILES string of the molecule is Cc1noc(C)c1[C@H](C)C(=O)N[C@H]1CCc2nccn2C1. The molecule has 6 nitrogen and oxygen atoms in total. The van der Waals surface area contributed by atoms with E-state index in [4.69, 9.17) is 4.52 Å². The second-order valence-electron chi connectivity index (χ2n) is 5.70.